The molecule has 1 N–H and O–H groups in total. The van der Waals surface area contributed by atoms with Crippen LogP contribution in [0, 0.1) is 0 Å². The van der Waals surface area contributed by atoms with Gasteiger partial charge in [-0.25, -0.2) is 4.98 Å². The van der Waals surface area contributed by atoms with Crippen LogP contribution >= 0.6 is 23.1 Å². The third-order valence-corrected chi connectivity index (χ3v) is 6.75. The van der Waals surface area contributed by atoms with Gasteiger partial charge in [-0.2, -0.15) is 0 Å². The van der Waals surface area contributed by atoms with Crippen molar-refractivity contribution in [1.29, 1.82) is 0 Å². The molecule has 0 aliphatic carbocycles. The molecule has 0 aliphatic heterocycles. The highest BCUT2D eigenvalue weighted by molar-refractivity contribution is 7.99. The van der Waals surface area contributed by atoms with E-state index in [0.717, 1.165) is 11.1 Å². The van der Waals surface area contributed by atoms with Crippen LogP contribution in [-0.2, 0) is 4.79 Å². The smallest absolute Gasteiger partial charge is 0.263 e. The highest BCUT2D eigenvalue weighted by Crippen LogP contribution is 2.33. The summed E-state index contributed by atoms with van der Waals surface area (Å²) in [6, 6.07) is 17.0. The van der Waals surface area contributed by atoms with Gasteiger partial charge in [0.05, 0.1) is 23.9 Å². The van der Waals surface area contributed by atoms with Crippen LogP contribution in [0.4, 0.5) is 5.69 Å². The Morgan fingerprint density at radius 3 is 2.59 bits per heavy atom. The monoisotopic (exact) mass is 465 g/mol. The predicted octanol–water partition coefficient (Wildman–Crippen LogP) is 5.45. The molecule has 0 spiro atoms. The maximum absolute atomic E-state index is 13.5. The van der Waals surface area contributed by atoms with Crippen LogP contribution in [0.1, 0.15) is 19.9 Å². The van der Waals surface area contributed by atoms with E-state index < -0.39 is 0 Å². The number of rotatable bonds is 7. The van der Waals surface area contributed by atoms with Crippen molar-refractivity contribution in [2.75, 3.05) is 18.2 Å². The highest BCUT2D eigenvalue weighted by atomic mass is 32.2. The number of amides is 1. The van der Waals surface area contributed by atoms with Gasteiger partial charge in [0.2, 0.25) is 5.91 Å². The first-order valence-electron chi connectivity index (χ1n) is 10.1. The van der Waals surface area contributed by atoms with Crippen molar-refractivity contribution in [3.8, 4) is 16.9 Å². The summed E-state index contributed by atoms with van der Waals surface area (Å²) in [6.45, 7) is 3.89. The topological polar surface area (TPSA) is 73.2 Å². The van der Waals surface area contributed by atoms with Gasteiger partial charge in [0.15, 0.2) is 5.16 Å². The summed E-state index contributed by atoms with van der Waals surface area (Å²) < 4.78 is 6.95. The Morgan fingerprint density at radius 2 is 1.88 bits per heavy atom. The van der Waals surface area contributed by atoms with Crippen LogP contribution < -0.4 is 15.6 Å². The second-order valence-electron chi connectivity index (χ2n) is 7.40. The molecule has 0 bridgehead atoms. The molecule has 164 valence electrons. The van der Waals surface area contributed by atoms with Crippen molar-refractivity contribution < 1.29 is 9.53 Å². The molecular formula is C24H23N3O3S2. The standard InChI is InChI=1S/C24H23N3O3S2/c1-15(2)27-23(29)21-17(16-9-5-4-6-10-16)13-31-22(21)26-24(27)32-14-20(28)25-18-11-7-8-12-19(18)30-3/h4-13,15H,14H2,1-3H3,(H,25,28). The molecule has 2 heterocycles. The van der Waals surface area contributed by atoms with Gasteiger partial charge in [0, 0.05) is 17.0 Å². The number of hydrogen-bond donors (Lipinski definition) is 1. The minimum absolute atomic E-state index is 0.0854. The fourth-order valence-corrected chi connectivity index (χ4v) is 5.35. The molecule has 0 fully saturated rings. The third-order valence-electron chi connectivity index (χ3n) is 4.92. The van der Waals surface area contributed by atoms with Crippen molar-refractivity contribution in [2.24, 2.45) is 0 Å². The van der Waals surface area contributed by atoms with Crippen LogP contribution in [0.2, 0.25) is 0 Å². The summed E-state index contributed by atoms with van der Waals surface area (Å²) in [7, 11) is 1.56. The summed E-state index contributed by atoms with van der Waals surface area (Å²) in [5.74, 6) is 0.524. The zero-order valence-electron chi connectivity index (χ0n) is 18.0. The fourth-order valence-electron chi connectivity index (χ4n) is 3.44. The number of fused-ring (bicyclic) bond motifs is 1. The fraction of sp³-hybridized carbons (Fsp3) is 0.208. The third kappa shape index (κ3) is 4.42. The number of carbonyl (C=O) groups is 1. The van der Waals surface area contributed by atoms with E-state index in [4.69, 9.17) is 9.72 Å². The number of thiophene rings is 1. The first-order valence-corrected chi connectivity index (χ1v) is 12.0. The quantitative estimate of drug-likeness (QED) is 0.290. The van der Waals surface area contributed by atoms with Gasteiger partial charge in [-0.3, -0.25) is 14.2 Å². The Morgan fingerprint density at radius 1 is 1.16 bits per heavy atom. The van der Waals surface area contributed by atoms with Gasteiger partial charge in [-0.05, 0) is 31.5 Å². The number of anilines is 1. The van der Waals surface area contributed by atoms with E-state index in [2.05, 4.69) is 5.32 Å². The number of aromatic nitrogens is 2. The summed E-state index contributed by atoms with van der Waals surface area (Å²) >= 11 is 2.70. The minimum atomic E-state index is -0.194. The van der Waals surface area contributed by atoms with E-state index in [1.165, 1.54) is 23.1 Å². The van der Waals surface area contributed by atoms with Gasteiger partial charge in [0.1, 0.15) is 10.6 Å². The molecule has 2 aromatic carbocycles. The number of benzene rings is 2. The lowest BCUT2D eigenvalue weighted by molar-refractivity contribution is -0.113. The summed E-state index contributed by atoms with van der Waals surface area (Å²) in [4.78, 5) is 31.5. The Kier molecular flexibility index (Phi) is 6.62. The van der Waals surface area contributed by atoms with Gasteiger partial charge in [-0.15, -0.1) is 11.3 Å². The number of carbonyl (C=O) groups excluding carboxylic acids is 1. The first-order chi connectivity index (χ1) is 15.5. The predicted molar refractivity (Wildman–Crippen MR) is 132 cm³/mol. The van der Waals surface area contributed by atoms with E-state index >= 15 is 0 Å². The number of ether oxygens (including phenoxy) is 1. The number of thioether (sulfide) groups is 1. The van der Waals surface area contributed by atoms with Crippen molar-refractivity contribution >= 4 is 44.9 Å². The van der Waals surface area contributed by atoms with E-state index in [0.29, 0.717) is 26.8 Å². The Labute approximate surface area is 194 Å². The van der Waals surface area contributed by atoms with Gasteiger partial charge >= 0.3 is 0 Å². The molecule has 0 aliphatic rings. The molecule has 0 atom stereocenters. The van der Waals surface area contributed by atoms with Crippen LogP contribution in [0.25, 0.3) is 21.3 Å². The minimum Gasteiger partial charge on any atom is -0.495 e. The number of hydrogen-bond acceptors (Lipinski definition) is 6. The van der Waals surface area contributed by atoms with Crippen molar-refractivity contribution in [1.82, 2.24) is 9.55 Å². The molecular weight excluding hydrogens is 442 g/mol. The van der Waals surface area contributed by atoms with Crippen molar-refractivity contribution in [2.45, 2.75) is 25.0 Å². The normalized spacial score (nSPS) is 11.1. The molecule has 0 unspecified atom stereocenters. The summed E-state index contributed by atoms with van der Waals surface area (Å²) in [5.41, 5.74) is 2.40. The molecule has 0 saturated heterocycles. The largest absolute Gasteiger partial charge is 0.495 e. The summed E-state index contributed by atoms with van der Waals surface area (Å²) in [6.07, 6.45) is 0. The second-order valence-corrected chi connectivity index (χ2v) is 9.20. The number of para-hydroxylation sites is 2. The molecule has 0 radical (unpaired) electrons. The van der Waals surface area contributed by atoms with Gasteiger partial charge < -0.3 is 10.1 Å². The molecule has 1 amide bonds. The molecule has 0 saturated carbocycles. The second kappa shape index (κ2) is 9.58. The molecule has 4 rings (SSSR count). The Bertz CT molecular complexity index is 1310. The van der Waals surface area contributed by atoms with Crippen LogP contribution in [0.3, 0.4) is 0 Å². The van der Waals surface area contributed by atoms with Crippen LogP contribution in [0.5, 0.6) is 5.75 Å². The average Bonchev–Trinajstić information content (AvgIpc) is 3.23. The van der Waals surface area contributed by atoms with Crippen LogP contribution in [0.15, 0.2) is 69.9 Å². The summed E-state index contributed by atoms with van der Waals surface area (Å²) in [5, 5.41) is 5.99. The zero-order chi connectivity index (χ0) is 22.7. The Hall–Kier alpha value is -3.10. The molecule has 32 heavy (non-hydrogen) atoms. The molecule has 8 heteroatoms. The maximum atomic E-state index is 13.5. The molecule has 2 aromatic heterocycles. The van der Waals surface area contributed by atoms with E-state index in [9.17, 15) is 9.59 Å². The number of methoxy groups -OCH3 is 1. The van der Waals surface area contributed by atoms with Crippen molar-refractivity contribution in [3.63, 3.8) is 0 Å². The lowest BCUT2D eigenvalue weighted by Gasteiger charge is -2.16. The SMILES string of the molecule is COc1ccccc1NC(=O)CSc1nc2scc(-c3ccccc3)c2c(=O)n1C(C)C. The molecule has 4 aromatic rings. The lowest BCUT2D eigenvalue weighted by Crippen LogP contribution is -2.25. The zero-order valence-corrected chi connectivity index (χ0v) is 19.6. The van der Waals surface area contributed by atoms with Gasteiger partial charge in [0.25, 0.3) is 5.56 Å². The first kappa shape index (κ1) is 22.1. The van der Waals surface area contributed by atoms with E-state index in [1.807, 2.05) is 61.7 Å². The number of nitrogens with zero attached hydrogens (tertiary/aromatic N) is 2. The van der Waals surface area contributed by atoms with E-state index in [-0.39, 0.29) is 23.3 Å². The van der Waals surface area contributed by atoms with E-state index in [1.54, 1.807) is 23.8 Å². The van der Waals surface area contributed by atoms with Crippen molar-refractivity contribution in [3.05, 3.63) is 70.3 Å². The maximum Gasteiger partial charge on any atom is 0.263 e. The average molecular weight is 466 g/mol. The number of nitrogens with one attached hydrogen (secondary N) is 1. The lowest BCUT2D eigenvalue weighted by atomic mass is 10.1. The van der Waals surface area contributed by atoms with Gasteiger partial charge in [-0.1, -0.05) is 54.2 Å². The Balaban J connectivity index is 1.64. The molecule has 6 nitrogen and oxygen atoms in total. The highest BCUT2D eigenvalue weighted by Gasteiger charge is 2.20. The van der Waals surface area contributed by atoms with Crippen LogP contribution in [-0.4, -0.2) is 28.3 Å².